The lowest BCUT2D eigenvalue weighted by molar-refractivity contribution is -0.156. The predicted molar refractivity (Wildman–Crippen MR) is 42.4 cm³/mol. The van der Waals surface area contributed by atoms with Crippen LogP contribution in [0.25, 0.3) is 0 Å². The molecule has 2 atom stereocenters. The lowest BCUT2D eigenvalue weighted by Crippen LogP contribution is -2.27. The lowest BCUT2D eigenvalue weighted by Gasteiger charge is -2.14. The summed E-state index contributed by atoms with van der Waals surface area (Å²) >= 11 is 0. The number of esters is 2. The average Bonchev–Trinajstić information content (AvgIpc) is 2.12. The van der Waals surface area contributed by atoms with E-state index in [4.69, 9.17) is 0 Å². The van der Waals surface area contributed by atoms with Gasteiger partial charge in [-0.05, 0) is 0 Å². The number of hydrogen-bond donors (Lipinski definition) is 0. The Morgan fingerprint density at radius 2 is 1.17 bits per heavy atom. The first-order chi connectivity index (χ1) is 5.54. The molecular formula is C8H14O4. The molecule has 0 heterocycles. The van der Waals surface area contributed by atoms with E-state index in [1.165, 1.54) is 14.2 Å². The van der Waals surface area contributed by atoms with E-state index in [1.807, 2.05) is 0 Å². The highest BCUT2D eigenvalue weighted by atomic mass is 16.5. The molecule has 0 saturated heterocycles. The molecule has 4 nitrogen and oxygen atoms in total. The maximum absolute atomic E-state index is 10.9. The molecule has 0 N–H and O–H groups in total. The highest BCUT2D eigenvalue weighted by molar-refractivity contribution is 5.81. The minimum absolute atomic E-state index is 0.395. The van der Waals surface area contributed by atoms with Crippen LogP contribution in [0.2, 0.25) is 0 Å². The van der Waals surface area contributed by atoms with Gasteiger partial charge in [0.2, 0.25) is 0 Å². The van der Waals surface area contributed by atoms with Crippen molar-refractivity contribution in [2.45, 2.75) is 13.8 Å². The van der Waals surface area contributed by atoms with Gasteiger partial charge in [-0.1, -0.05) is 13.8 Å². The fourth-order valence-electron chi connectivity index (χ4n) is 0.780. The molecule has 0 bridgehead atoms. The molecular weight excluding hydrogens is 160 g/mol. The minimum atomic E-state index is -0.456. The van der Waals surface area contributed by atoms with Crippen LogP contribution in [0.3, 0.4) is 0 Å². The first-order valence-corrected chi connectivity index (χ1v) is 3.70. The van der Waals surface area contributed by atoms with E-state index in [0.29, 0.717) is 0 Å². The van der Waals surface area contributed by atoms with Crippen molar-refractivity contribution in [3.8, 4) is 0 Å². The second-order valence-corrected chi connectivity index (χ2v) is 2.62. The predicted octanol–water partition coefficient (Wildman–Crippen LogP) is 0.605. The third-order valence-electron chi connectivity index (χ3n) is 1.90. The van der Waals surface area contributed by atoms with Crippen LogP contribution in [0, 0.1) is 11.8 Å². The van der Waals surface area contributed by atoms with E-state index in [1.54, 1.807) is 13.8 Å². The van der Waals surface area contributed by atoms with Crippen molar-refractivity contribution in [1.29, 1.82) is 0 Å². The molecule has 0 aliphatic carbocycles. The summed E-state index contributed by atoms with van der Waals surface area (Å²) in [5, 5.41) is 0. The summed E-state index contributed by atoms with van der Waals surface area (Å²) in [5.74, 6) is -1.70. The number of methoxy groups -OCH3 is 2. The maximum Gasteiger partial charge on any atom is 0.309 e. The third kappa shape index (κ3) is 2.53. The van der Waals surface area contributed by atoms with Crippen molar-refractivity contribution in [1.82, 2.24) is 0 Å². The summed E-state index contributed by atoms with van der Waals surface area (Å²) in [5.41, 5.74) is 0. The average molecular weight is 174 g/mol. The number of carbonyl (C=O) groups excluding carboxylic acids is 2. The Morgan fingerprint density at radius 3 is 1.33 bits per heavy atom. The van der Waals surface area contributed by atoms with E-state index < -0.39 is 23.8 Å². The van der Waals surface area contributed by atoms with E-state index in [2.05, 4.69) is 9.47 Å². The summed E-state index contributed by atoms with van der Waals surface area (Å²) in [6, 6.07) is 0. The molecule has 0 aliphatic heterocycles. The van der Waals surface area contributed by atoms with Crippen LogP contribution in [0.1, 0.15) is 13.8 Å². The molecule has 4 heteroatoms. The van der Waals surface area contributed by atoms with Gasteiger partial charge in [0, 0.05) is 0 Å². The number of hydrogen-bond acceptors (Lipinski definition) is 4. The van der Waals surface area contributed by atoms with E-state index in [0.717, 1.165) is 0 Å². The molecule has 0 rings (SSSR count). The summed E-state index contributed by atoms with van der Waals surface area (Å²) in [4.78, 5) is 21.9. The second kappa shape index (κ2) is 4.74. The molecule has 0 radical (unpaired) electrons. The molecule has 0 fully saturated rings. The van der Waals surface area contributed by atoms with Crippen LogP contribution >= 0.6 is 0 Å². The van der Waals surface area contributed by atoms with Gasteiger partial charge in [-0.3, -0.25) is 9.59 Å². The van der Waals surface area contributed by atoms with Gasteiger partial charge in [0.25, 0.3) is 0 Å². The fraction of sp³-hybridized carbons (Fsp3) is 0.750. The van der Waals surface area contributed by atoms with E-state index in [-0.39, 0.29) is 0 Å². The largest absolute Gasteiger partial charge is 0.469 e. The van der Waals surface area contributed by atoms with Gasteiger partial charge in [-0.2, -0.15) is 0 Å². The zero-order valence-corrected chi connectivity index (χ0v) is 7.79. The van der Waals surface area contributed by atoms with Gasteiger partial charge in [-0.25, -0.2) is 0 Å². The van der Waals surface area contributed by atoms with Crippen LogP contribution in [-0.4, -0.2) is 26.2 Å². The highest BCUT2D eigenvalue weighted by Gasteiger charge is 2.27. The molecule has 0 aromatic heterocycles. The van der Waals surface area contributed by atoms with E-state index in [9.17, 15) is 9.59 Å². The molecule has 0 amide bonds. The van der Waals surface area contributed by atoms with Crippen molar-refractivity contribution in [3.05, 3.63) is 0 Å². The molecule has 0 unspecified atom stereocenters. The monoisotopic (exact) mass is 174 g/mol. The summed E-state index contributed by atoms with van der Waals surface area (Å²) in [7, 11) is 2.59. The first kappa shape index (κ1) is 10.9. The van der Waals surface area contributed by atoms with Crippen LogP contribution in [0.5, 0.6) is 0 Å². The van der Waals surface area contributed by atoms with Crippen LogP contribution in [0.4, 0.5) is 0 Å². The van der Waals surface area contributed by atoms with Gasteiger partial charge in [0.1, 0.15) is 0 Å². The quantitative estimate of drug-likeness (QED) is 0.588. The van der Waals surface area contributed by atoms with Crippen molar-refractivity contribution in [3.63, 3.8) is 0 Å². The Hall–Kier alpha value is -1.06. The Labute approximate surface area is 71.8 Å². The van der Waals surface area contributed by atoms with Crippen LogP contribution in [-0.2, 0) is 19.1 Å². The SMILES string of the molecule is COC(=O)[C@@H](C)[C@@H](C)C(=O)OC. The van der Waals surface area contributed by atoms with Gasteiger partial charge >= 0.3 is 11.9 Å². The summed E-state index contributed by atoms with van der Waals surface area (Å²) < 4.78 is 8.96. The lowest BCUT2D eigenvalue weighted by atomic mass is 9.96. The third-order valence-corrected chi connectivity index (χ3v) is 1.90. The molecule has 0 aromatic carbocycles. The Balaban J connectivity index is 4.18. The Bertz CT molecular complexity index is 156. The molecule has 0 saturated carbocycles. The zero-order valence-electron chi connectivity index (χ0n) is 7.79. The molecule has 70 valence electrons. The summed E-state index contributed by atoms with van der Waals surface area (Å²) in [6.45, 7) is 3.26. The normalized spacial score (nSPS) is 14.7. The van der Waals surface area contributed by atoms with Crippen LogP contribution in [0.15, 0.2) is 0 Å². The van der Waals surface area contributed by atoms with Crippen molar-refractivity contribution in [2.24, 2.45) is 11.8 Å². The minimum Gasteiger partial charge on any atom is -0.469 e. The summed E-state index contributed by atoms with van der Waals surface area (Å²) in [6.07, 6.45) is 0. The number of ether oxygens (including phenoxy) is 2. The van der Waals surface area contributed by atoms with Gasteiger partial charge in [0.05, 0.1) is 26.1 Å². The fourth-order valence-corrected chi connectivity index (χ4v) is 0.780. The Kier molecular flexibility index (Phi) is 4.33. The maximum atomic E-state index is 10.9. The topological polar surface area (TPSA) is 52.6 Å². The van der Waals surface area contributed by atoms with Crippen molar-refractivity contribution >= 4 is 11.9 Å². The number of carbonyl (C=O) groups is 2. The molecule has 0 aliphatic rings. The smallest absolute Gasteiger partial charge is 0.309 e. The molecule has 12 heavy (non-hydrogen) atoms. The van der Waals surface area contributed by atoms with Crippen molar-refractivity contribution in [2.75, 3.05) is 14.2 Å². The van der Waals surface area contributed by atoms with Crippen LogP contribution < -0.4 is 0 Å². The van der Waals surface area contributed by atoms with Crippen molar-refractivity contribution < 1.29 is 19.1 Å². The number of rotatable bonds is 3. The van der Waals surface area contributed by atoms with Gasteiger partial charge in [-0.15, -0.1) is 0 Å². The van der Waals surface area contributed by atoms with E-state index >= 15 is 0 Å². The second-order valence-electron chi connectivity index (χ2n) is 2.62. The standard InChI is InChI=1S/C8H14O4/c1-5(7(9)11-3)6(2)8(10)12-4/h5-6H,1-4H3/t5-,6+. The van der Waals surface area contributed by atoms with Gasteiger partial charge < -0.3 is 9.47 Å². The zero-order chi connectivity index (χ0) is 9.72. The molecule has 0 spiro atoms. The Morgan fingerprint density at radius 1 is 0.917 bits per heavy atom. The molecule has 0 aromatic rings. The van der Waals surface area contributed by atoms with Gasteiger partial charge in [0.15, 0.2) is 0 Å². The first-order valence-electron chi connectivity index (χ1n) is 3.70. The highest BCUT2D eigenvalue weighted by Crippen LogP contribution is 2.13.